The molecule has 2 fully saturated rings. The number of carbonyl (C=O) groups is 1. The largest absolute Gasteiger partial charge is 0.495 e. The van der Waals surface area contributed by atoms with Gasteiger partial charge in [-0.1, -0.05) is 11.6 Å². The summed E-state index contributed by atoms with van der Waals surface area (Å²) in [6.45, 7) is 2.77. The number of halogens is 1. The van der Waals surface area contributed by atoms with E-state index in [1.807, 2.05) is 4.90 Å². The highest BCUT2D eigenvalue weighted by molar-refractivity contribution is 6.32. The van der Waals surface area contributed by atoms with Gasteiger partial charge in [0.15, 0.2) is 0 Å². The second-order valence-corrected chi connectivity index (χ2v) is 7.03. The molecule has 1 aromatic carbocycles. The van der Waals surface area contributed by atoms with E-state index in [0.717, 1.165) is 25.9 Å². The number of rotatable bonds is 4. The summed E-state index contributed by atoms with van der Waals surface area (Å²) in [6.07, 6.45) is 3.06. The van der Waals surface area contributed by atoms with Crippen molar-refractivity contribution in [3.63, 3.8) is 0 Å². The molecule has 0 spiro atoms. The van der Waals surface area contributed by atoms with Crippen LogP contribution in [0.25, 0.3) is 0 Å². The standard InChI is InChI=1S/C18H24ClNO4/c1-22-12-18-7-3-9-24-16(18)6-8-20(11-18)17(21)13-4-5-15(23-2)14(19)10-13/h4-5,10,16H,3,6-9,11-12H2,1-2H3/t16-,18+/m0/s1. The average Bonchev–Trinajstić information content (AvgIpc) is 2.60. The number of methoxy groups -OCH3 is 2. The van der Waals surface area contributed by atoms with Crippen LogP contribution in [0.2, 0.25) is 5.02 Å². The van der Waals surface area contributed by atoms with Crippen LogP contribution in [-0.4, -0.2) is 57.4 Å². The smallest absolute Gasteiger partial charge is 0.253 e. The third kappa shape index (κ3) is 3.25. The number of carbonyl (C=O) groups excluding carboxylic acids is 1. The van der Waals surface area contributed by atoms with Gasteiger partial charge in [-0.15, -0.1) is 0 Å². The van der Waals surface area contributed by atoms with Gasteiger partial charge in [-0.05, 0) is 37.5 Å². The summed E-state index contributed by atoms with van der Waals surface area (Å²) in [7, 11) is 3.27. The number of ether oxygens (including phenoxy) is 3. The first-order valence-corrected chi connectivity index (χ1v) is 8.71. The van der Waals surface area contributed by atoms with Crippen molar-refractivity contribution in [3.8, 4) is 5.75 Å². The van der Waals surface area contributed by atoms with Gasteiger partial charge in [-0.3, -0.25) is 4.79 Å². The van der Waals surface area contributed by atoms with Crippen LogP contribution < -0.4 is 4.74 Å². The Hall–Kier alpha value is -1.30. The van der Waals surface area contributed by atoms with E-state index in [4.69, 9.17) is 25.8 Å². The SMILES string of the molecule is COC[C@]12CCCO[C@H]1CCN(C(=O)c1ccc(OC)c(Cl)c1)C2. The van der Waals surface area contributed by atoms with Crippen LogP contribution in [0.15, 0.2) is 18.2 Å². The quantitative estimate of drug-likeness (QED) is 0.834. The zero-order valence-corrected chi connectivity index (χ0v) is 15.0. The molecule has 6 heteroatoms. The monoisotopic (exact) mass is 353 g/mol. The van der Waals surface area contributed by atoms with Crippen LogP contribution in [0.3, 0.4) is 0 Å². The second kappa shape index (κ2) is 7.30. The van der Waals surface area contributed by atoms with E-state index < -0.39 is 0 Å². The number of hydrogen-bond acceptors (Lipinski definition) is 4. The fraction of sp³-hybridized carbons (Fsp3) is 0.611. The summed E-state index contributed by atoms with van der Waals surface area (Å²) < 4.78 is 16.6. The molecule has 24 heavy (non-hydrogen) atoms. The minimum absolute atomic E-state index is 0.000875. The number of nitrogens with zero attached hydrogens (tertiary/aromatic N) is 1. The molecule has 0 radical (unpaired) electrons. The molecule has 0 saturated carbocycles. The predicted octanol–water partition coefficient (Wildman–Crippen LogP) is 3.01. The highest BCUT2D eigenvalue weighted by Gasteiger charge is 2.47. The number of piperidine rings is 1. The summed E-state index contributed by atoms with van der Waals surface area (Å²) in [6, 6.07) is 5.17. The first kappa shape index (κ1) is 17.5. The molecule has 2 atom stereocenters. The van der Waals surface area contributed by atoms with Gasteiger partial charge in [0.2, 0.25) is 0 Å². The van der Waals surface area contributed by atoms with Gasteiger partial charge in [0, 0.05) is 37.8 Å². The van der Waals surface area contributed by atoms with Crippen LogP contribution in [0.1, 0.15) is 29.6 Å². The molecule has 2 heterocycles. The normalized spacial score (nSPS) is 26.8. The Bertz CT molecular complexity index is 605. The second-order valence-electron chi connectivity index (χ2n) is 6.62. The molecule has 3 rings (SSSR count). The third-order valence-corrected chi connectivity index (χ3v) is 5.40. The molecule has 5 nitrogen and oxygen atoms in total. The molecule has 2 aliphatic heterocycles. The van der Waals surface area contributed by atoms with Crippen LogP contribution in [0.4, 0.5) is 0 Å². The Morgan fingerprint density at radius 1 is 1.46 bits per heavy atom. The average molecular weight is 354 g/mol. The van der Waals surface area contributed by atoms with Crippen molar-refractivity contribution in [1.29, 1.82) is 0 Å². The Morgan fingerprint density at radius 2 is 2.29 bits per heavy atom. The van der Waals surface area contributed by atoms with Gasteiger partial charge in [0.25, 0.3) is 5.91 Å². The van der Waals surface area contributed by atoms with Crippen LogP contribution in [0.5, 0.6) is 5.75 Å². The van der Waals surface area contributed by atoms with E-state index in [9.17, 15) is 4.79 Å². The summed E-state index contributed by atoms with van der Waals surface area (Å²) in [4.78, 5) is 14.8. The number of benzene rings is 1. The fourth-order valence-electron chi connectivity index (χ4n) is 3.94. The molecule has 0 bridgehead atoms. The molecular weight excluding hydrogens is 330 g/mol. The molecule has 0 aliphatic carbocycles. The Kier molecular flexibility index (Phi) is 5.33. The lowest BCUT2D eigenvalue weighted by Crippen LogP contribution is -2.58. The summed E-state index contributed by atoms with van der Waals surface area (Å²) >= 11 is 6.16. The van der Waals surface area contributed by atoms with Crippen molar-refractivity contribution in [2.24, 2.45) is 5.41 Å². The first-order valence-electron chi connectivity index (χ1n) is 8.33. The zero-order valence-electron chi connectivity index (χ0n) is 14.2. The molecule has 132 valence electrons. The Balaban J connectivity index is 1.79. The number of fused-ring (bicyclic) bond motifs is 1. The predicted molar refractivity (Wildman–Crippen MR) is 91.8 cm³/mol. The maximum atomic E-state index is 12.9. The highest BCUT2D eigenvalue weighted by Crippen LogP contribution is 2.40. The van der Waals surface area contributed by atoms with E-state index >= 15 is 0 Å². The van der Waals surface area contributed by atoms with E-state index in [1.54, 1.807) is 32.4 Å². The summed E-state index contributed by atoms with van der Waals surface area (Å²) in [5.74, 6) is 0.572. The van der Waals surface area contributed by atoms with Gasteiger partial charge >= 0.3 is 0 Å². The summed E-state index contributed by atoms with van der Waals surface area (Å²) in [5.41, 5.74) is 0.487. The third-order valence-electron chi connectivity index (χ3n) is 5.11. The lowest BCUT2D eigenvalue weighted by molar-refractivity contribution is -0.142. The Morgan fingerprint density at radius 3 is 3.00 bits per heavy atom. The molecule has 0 unspecified atom stereocenters. The Labute approximate surface area is 147 Å². The molecule has 2 saturated heterocycles. The van der Waals surface area contributed by atoms with Crippen LogP contribution in [0, 0.1) is 5.41 Å². The van der Waals surface area contributed by atoms with Gasteiger partial charge in [0.05, 0.1) is 24.8 Å². The van der Waals surface area contributed by atoms with Crippen molar-refractivity contribution >= 4 is 17.5 Å². The maximum Gasteiger partial charge on any atom is 0.253 e. The van der Waals surface area contributed by atoms with E-state index in [-0.39, 0.29) is 17.4 Å². The van der Waals surface area contributed by atoms with E-state index in [2.05, 4.69) is 0 Å². The molecule has 0 aromatic heterocycles. The molecule has 0 N–H and O–H groups in total. The van der Waals surface area contributed by atoms with Crippen molar-refractivity contribution in [2.45, 2.75) is 25.4 Å². The van der Waals surface area contributed by atoms with Gasteiger partial charge in [-0.25, -0.2) is 0 Å². The molecule has 2 aliphatic rings. The highest BCUT2D eigenvalue weighted by atomic mass is 35.5. The van der Waals surface area contributed by atoms with E-state index in [1.165, 1.54) is 0 Å². The number of amides is 1. The van der Waals surface area contributed by atoms with Gasteiger partial charge in [-0.2, -0.15) is 0 Å². The van der Waals surface area contributed by atoms with Gasteiger partial charge < -0.3 is 19.1 Å². The number of likely N-dealkylation sites (tertiary alicyclic amines) is 1. The molecule has 1 aromatic rings. The maximum absolute atomic E-state index is 12.9. The van der Waals surface area contributed by atoms with Crippen molar-refractivity contribution in [2.75, 3.05) is 40.5 Å². The van der Waals surface area contributed by atoms with Crippen LogP contribution >= 0.6 is 11.6 Å². The van der Waals surface area contributed by atoms with Gasteiger partial charge in [0.1, 0.15) is 5.75 Å². The van der Waals surface area contributed by atoms with Crippen molar-refractivity contribution in [1.82, 2.24) is 4.90 Å². The zero-order chi connectivity index (χ0) is 17.2. The van der Waals surface area contributed by atoms with Crippen LogP contribution in [-0.2, 0) is 9.47 Å². The summed E-state index contributed by atoms with van der Waals surface area (Å²) in [5, 5.41) is 0.450. The minimum atomic E-state index is -0.100. The first-order chi connectivity index (χ1) is 11.6. The molecular formula is C18H24ClNO4. The minimum Gasteiger partial charge on any atom is -0.495 e. The van der Waals surface area contributed by atoms with E-state index in [0.29, 0.717) is 36.0 Å². The lowest BCUT2D eigenvalue weighted by Gasteiger charge is -2.50. The van der Waals surface area contributed by atoms with Crippen molar-refractivity contribution in [3.05, 3.63) is 28.8 Å². The van der Waals surface area contributed by atoms with Crippen molar-refractivity contribution < 1.29 is 19.0 Å². The lowest BCUT2D eigenvalue weighted by atomic mass is 9.73. The topological polar surface area (TPSA) is 48.0 Å². The number of hydrogen-bond donors (Lipinski definition) is 0. The fourth-order valence-corrected chi connectivity index (χ4v) is 4.20. The molecule has 1 amide bonds.